The summed E-state index contributed by atoms with van der Waals surface area (Å²) < 4.78 is 10.9. The fraction of sp³-hybridized carbons (Fsp3) is 0.455. The van der Waals surface area contributed by atoms with Gasteiger partial charge in [-0.15, -0.1) is 0 Å². The van der Waals surface area contributed by atoms with Gasteiger partial charge in [0.1, 0.15) is 11.4 Å². The number of aromatic hydroxyl groups is 1. The molecule has 0 bridgehead atoms. The first-order chi connectivity index (χ1) is 6.53. The zero-order valence-corrected chi connectivity index (χ0v) is 8.63. The van der Waals surface area contributed by atoms with Crippen molar-refractivity contribution in [2.45, 2.75) is 25.9 Å². The number of phenols is 1. The number of fused-ring (bicyclic) bond motifs is 1. The van der Waals surface area contributed by atoms with Gasteiger partial charge in [0.05, 0.1) is 7.11 Å². The van der Waals surface area contributed by atoms with Crippen LogP contribution in [0.3, 0.4) is 0 Å². The average molecular weight is 194 g/mol. The zero-order valence-electron chi connectivity index (χ0n) is 8.63. The highest BCUT2D eigenvalue weighted by atomic mass is 16.5. The zero-order chi connectivity index (χ0) is 10.3. The van der Waals surface area contributed by atoms with Crippen molar-refractivity contribution in [1.29, 1.82) is 0 Å². The lowest BCUT2D eigenvalue weighted by Gasteiger charge is -2.17. The molecule has 0 atom stereocenters. The molecule has 1 N–H and O–H groups in total. The van der Waals surface area contributed by atoms with Crippen LogP contribution in [0.2, 0.25) is 0 Å². The number of hydrogen-bond donors (Lipinski definition) is 1. The third-order valence-electron chi connectivity index (χ3n) is 2.40. The highest BCUT2D eigenvalue weighted by molar-refractivity contribution is 5.56. The summed E-state index contributed by atoms with van der Waals surface area (Å²) in [6.45, 7) is 3.98. The number of rotatable bonds is 1. The van der Waals surface area contributed by atoms with Crippen LogP contribution in [0.15, 0.2) is 12.1 Å². The van der Waals surface area contributed by atoms with Crippen molar-refractivity contribution in [3.05, 3.63) is 17.7 Å². The van der Waals surface area contributed by atoms with Crippen LogP contribution >= 0.6 is 0 Å². The number of ether oxygens (including phenoxy) is 2. The van der Waals surface area contributed by atoms with Crippen LogP contribution in [0.1, 0.15) is 19.4 Å². The van der Waals surface area contributed by atoms with Gasteiger partial charge >= 0.3 is 0 Å². The van der Waals surface area contributed by atoms with Crippen molar-refractivity contribution in [2.24, 2.45) is 0 Å². The van der Waals surface area contributed by atoms with E-state index in [1.807, 2.05) is 13.8 Å². The number of methoxy groups -OCH3 is 1. The Balaban J connectivity index is 2.53. The van der Waals surface area contributed by atoms with Gasteiger partial charge in [0.2, 0.25) is 0 Å². The molecule has 0 unspecified atom stereocenters. The van der Waals surface area contributed by atoms with Gasteiger partial charge in [0.15, 0.2) is 11.5 Å². The van der Waals surface area contributed by atoms with Crippen LogP contribution in [-0.2, 0) is 6.42 Å². The molecule has 3 nitrogen and oxygen atoms in total. The minimum absolute atomic E-state index is 0.256. The predicted molar refractivity (Wildman–Crippen MR) is 53.1 cm³/mol. The Kier molecular flexibility index (Phi) is 1.84. The third-order valence-corrected chi connectivity index (χ3v) is 2.40. The first kappa shape index (κ1) is 9.19. The molecule has 0 spiro atoms. The molecule has 2 rings (SSSR count). The third kappa shape index (κ3) is 1.29. The molecule has 1 aromatic rings. The number of hydrogen-bond acceptors (Lipinski definition) is 3. The van der Waals surface area contributed by atoms with Crippen LogP contribution in [0.5, 0.6) is 17.2 Å². The normalized spacial score (nSPS) is 17.4. The Hall–Kier alpha value is -1.38. The van der Waals surface area contributed by atoms with E-state index in [2.05, 4.69) is 0 Å². The summed E-state index contributed by atoms with van der Waals surface area (Å²) in [7, 11) is 1.60. The van der Waals surface area contributed by atoms with E-state index in [1.165, 1.54) is 0 Å². The van der Waals surface area contributed by atoms with Gasteiger partial charge in [-0.05, 0) is 26.0 Å². The summed E-state index contributed by atoms with van der Waals surface area (Å²) in [5.74, 6) is 1.65. The maximum Gasteiger partial charge on any atom is 0.169 e. The summed E-state index contributed by atoms with van der Waals surface area (Å²) in [5.41, 5.74) is 0.586. The Morgan fingerprint density at radius 1 is 1.43 bits per heavy atom. The molecule has 0 radical (unpaired) electrons. The van der Waals surface area contributed by atoms with E-state index >= 15 is 0 Å². The molecule has 1 aromatic carbocycles. The second kappa shape index (κ2) is 2.80. The van der Waals surface area contributed by atoms with E-state index in [9.17, 15) is 5.11 Å². The van der Waals surface area contributed by atoms with E-state index in [-0.39, 0.29) is 11.4 Å². The SMILES string of the molecule is COc1ccc(O)c2c1OC(C)(C)C2. The first-order valence-corrected chi connectivity index (χ1v) is 4.61. The lowest BCUT2D eigenvalue weighted by atomic mass is 10.0. The Morgan fingerprint density at radius 3 is 2.79 bits per heavy atom. The number of benzene rings is 1. The lowest BCUT2D eigenvalue weighted by molar-refractivity contribution is 0.134. The molecule has 0 saturated heterocycles. The second-order valence-electron chi connectivity index (χ2n) is 4.13. The van der Waals surface area contributed by atoms with Crippen LogP contribution in [0, 0.1) is 0 Å². The smallest absolute Gasteiger partial charge is 0.169 e. The molecule has 0 aromatic heterocycles. The quantitative estimate of drug-likeness (QED) is 0.744. The van der Waals surface area contributed by atoms with Crippen LogP contribution in [-0.4, -0.2) is 17.8 Å². The largest absolute Gasteiger partial charge is 0.508 e. The first-order valence-electron chi connectivity index (χ1n) is 4.61. The van der Waals surface area contributed by atoms with Gasteiger partial charge in [0, 0.05) is 12.0 Å². The summed E-state index contributed by atoms with van der Waals surface area (Å²) in [5, 5.41) is 9.65. The van der Waals surface area contributed by atoms with E-state index < -0.39 is 0 Å². The Morgan fingerprint density at radius 2 is 2.14 bits per heavy atom. The highest BCUT2D eigenvalue weighted by Crippen LogP contribution is 2.45. The molecule has 3 heteroatoms. The lowest BCUT2D eigenvalue weighted by Crippen LogP contribution is -2.24. The monoisotopic (exact) mass is 194 g/mol. The fourth-order valence-corrected chi connectivity index (χ4v) is 1.78. The summed E-state index contributed by atoms with van der Waals surface area (Å²) >= 11 is 0. The van der Waals surface area contributed by atoms with Crippen LogP contribution < -0.4 is 9.47 Å². The summed E-state index contributed by atoms with van der Waals surface area (Å²) in [6, 6.07) is 3.36. The van der Waals surface area contributed by atoms with Crippen molar-refractivity contribution in [3.8, 4) is 17.2 Å². The molecular weight excluding hydrogens is 180 g/mol. The fourth-order valence-electron chi connectivity index (χ4n) is 1.78. The molecule has 1 heterocycles. The number of phenolic OH excluding ortho intramolecular Hbond substituents is 1. The molecule has 76 valence electrons. The van der Waals surface area contributed by atoms with E-state index in [0.717, 1.165) is 5.56 Å². The molecule has 1 aliphatic heterocycles. The average Bonchev–Trinajstić information content (AvgIpc) is 2.42. The van der Waals surface area contributed by atoms with Crippen molar-refractivity contribution < 1.29 is 14.6 Å². The van der Waals surface area contributed by atoms with Crippen LogP contribution in [0.4, 0.5) is 0 Å². The molecule has 0 aliphatic carbocycles. The topological polar surface area (TPSA) is 38.7 Å². The van der Waals surface area contributed by atoms with E-state index in [0.29, 0.717) is 17.9 Å². The summed E-state index contributed by atoms with van der Waals surface area (Å²) in [6.07, 6.45) is 0.714. The Bertz CT molecular complexity index is 369. The van der Waals surface area contributed by atoms with E-state index in [1.54, 1.807) is 19.2 Å². The van der Waals surface area contributed by atoms with Crippen molar-refractivity contribution in [1.82, 2.24) is 0 Å². The van der Waals surface area contributed by atoms with Gasteiger partial charge in [0.25, 0.3) is 0 Å². The molecular formula is C11H14O3. The molecule has 0 saturated carbocycles. The van der Waals surface area contributed by atoms with Gasteiger partial charge < -0.3 is 14.6 Å². The second-order valence-corrected chi connectivity index (χ2v) is 4.13. The Labute approximate surface area is 83.3 Å². The minimum Gasteiger partial charge on any atom is -0.508 e. The standard InChI is InChI=1S/C11H14O3/c1-11(2)6-7-8(12)4-5-9(13-3)10(7)14-11/h4-5,12H,6H2,1-3H3. The molecule has 0 fully saturated rings. The van der Waals surface area contributed by atoms with Crippen molar-refractivity contribution in [3.63, 3.8) is 0 Å². The minimum atomic E-state index is -0.256. The van der Waals surface area contributed by atoms with Gasteiger partial charge in [-0.25, -0.2) is 0 Å². The van der Waals surface area contributed by atoms with E-state index in [4.69, 9.17) is 9.47 Å². The maximum atomic E-state index is 9.65. The molecule has 14 heavy (non-hydrogen) atoms. The molecule has 1 aliphatic rings. The van der Waals surface area contributed by atoms with Crippen LogP contribution in [0.25, 0.3) is 0 Å². The predicted octanol–water partition coefficient (Wildman–Crippen LogP) is 2.11. The van der Waals surface area contributed by atoms with Crippen molar-refractivity contribution >= 4 is 0 Å². The molecule has 0 amide bonds. The maximum absolute atomic E-state index is 9.65. The summed E-state index contributed by atoms with van der Waals surface area (Å²) in [4.78, 5) is 0. The van der Waals surface area contributed by atoms with Gasteiger partial charge in [-0.1, -0.05) is 0 Å². The highest BCUT2D eigenvalue weighted by Gasteiger charge is 2.34. The van der Waals surface area contributed by atoms with Crippen molar-refractivity contribution in [2.75, 3.05) is 7.11 Å². The van der Waals surface area contributed by atoms with Gasteiger partial charge in [-0.3, -0.25) is 0 Å². The van der Waals surface area contributed by atoms with Gasteiger partial charge in [-0.2, -0.15) is 0 Å².